The smallest absolute Gasteiger partial charge is 0.244 e. The molecule has 1 heterocycles. The van der Waals surface area contributed by atoms with Gasteiger partial charge in [0.05, 0.1) is 32.6 Å². The molecule has 1 aromatic rings. The highest BCUT2D eigenvalue weighted by Gasteiger charge is 2.40. The van der Waals surface area contributed by atoms with Crippen LogP contribution in [0, 0.1) is 0 Å². The van der Waals surface area contributed by atoms with Gasteiger partial charge in [0.1, 0.15) is 11.4 Å². The van der Waals surface area contributed by atoms with Crippen molar-refractivity contribution in [3.8, 4) is 0 Å². The van der Waals surface area contributed by atoms with Crippen molar-refractivity contribution in [1.29, 1.82) is 0 Å². The molecule has 0 bridgehead atoms. The maximum absolute atomic E-state index is 12.1. The predicted octanol–water partition coefficient (Wildman–Crippen LogP) is 3.54. The van der Waals surface area contributed by atoms with E-state index in [0.717, 1.165) is 17.8 Å². The maximum atomic E-state index is 12.1. The molecule has 0 aromatic heterocycles. The molecule has 1 fully saturated rings. The molecular formula is C11H10Cl2N4OS. The van der Waals surface area contributed by atoms with E-state index in [1.165, 1.54) is 0 Å². The molecule has 1 saturated carbocycles. The second-order valence-electron chi connectivity index (χ2n) is 4.64. The lowest BCUT2D eigenvalue weighted by Gasteiger charge is -2.36. The fraction of sp³-hybridized carbons (Fsp3) is 0.364. The Labute approximate surface area is 123 Å². The summed E-state index contributed by atoms with van der Waals surface area (Å²) in [5.74, 6) is -0.239. The lowest BCUT2D eigenvalue weighted by molar-refractivity contribution is -0.123. The van der Waals surface area contributed by atoms with Crippen LogP contribution in [0.25, 0.3) is 0 Å². The third-order valence-corrected chi connectivity index (χ3v) is 4.50. The van der Waals surface area contributed by atoms with E-state index in [-0.39, 0.29) is 5.91 Å². The predicted molar refractivity (Wildman–Crippen MR) is 77.4 cm³/mol. The first-order chi connectivity index (χ1) is 9.01. The van der Waals surface area contributed by atoms with Crippen LogP contribution in [0.1, 0.15) is 19.3 Å². The molecule has 3 rings (SSSR count). The minimum atomic E-state index is -0.793. The van der Waals surface area contributed by atoms with E-state index in [4.69, 9.17) is 28.9 Å². The lowest BCUT2D eigenvalue weighted by atomic mass is 9.77. The average Bonchev–Trinajstić information content (AvgIpc) is 2.80. The topological polar surface area (TPSA) is 79.8 Å². The van der Waals surface area contributed by atoms with Crippen LogP contribution in [0.3, 0.4) is 0 Å². The number of rotatable bonds is 2. The van der Waals surface area contributed by atoms with Gasteiger partial charge in [0.15, 0.2) is 0 Å². The van der Waals surface area contributed by atoms with Gasteiger partial charge in [0, 0.05) is 0 Å². The minimum Gasteiger partial charge on any atom is -0.321 e. The van der Waals surface area contributed by atoms with Crippen molar-refractivity contribution in [2.75, 3.05) is 5.32 Å². The molecule has 3 N–H and O–H groups in total. The number of fused-ring (bicyclic) bond motifs is 1. The van der Waals surface area contributed by atoms with Gasteiger partial charge in [-0.3, -0.25) is 4.79 Å². The zero-order valence-electron chi connectivity index (χ0n) is 9.74. The molecule has 0 unspecified atom stereocenters. The number of carbonyl (C=O) groups excluding carboxylic acids is 1. The standard InChI is InChI=1S/C11H10Cl2N4OS/c12-5-4-6(13)8-9(17-19-16-8)7(5)15-10(18)11(14)2-1-3-11/h4H,1-3,14H2,(H,15,18). The molecule has 0 saturated heterocycles. The summed E-state index contributed by atoms with van der Waals surface area (Å²) in [5.41, 5.74) is 6.65. The summed E-state index contributed by atoms with van der Waals surface area (Å²) in [5, 5.41) is 3.51. The summed E-state index contributed by atoms with van der Waals surface area (Å²) in [6.45, 7) is 0. The number of nitrogens with one attached hydrogen (secondary N) is 1. The number of amides is 1. The van der Waals surface area contributed by atoms with Gasteiger partial charge in [0.2, 0.25) is 5.91 Å². The van der Waals surface area contributed by atoms with Crippen molar-refractivity contribution in [1.82, 2.24) is 0 Å². The molecule has 5 nitrogen and oxygen atoms in total. The summed E-state index contributed by atoms with van der Waals surface area (Å²) in [4.78, 5) is 12.1. The van der Waals surface area contributed by atoms with Gasteiger partial charge < -0.3 is 11.1 Å². The number of carbonyl (C=O) groups is 1. The third-order valence-electron chi connectivity index (χ3n) is 3.38. The fourth-order valence-corrected chi connectivity index (χ4v) is 3.18. The van der Waals surface area contributed by atoms with Crippen LogP contribution < -0.4 is 11.1 Å². The van der Waals surface area contributed by atoms with E-state index in [2.05, 4.69) is 14.0 Å². The molecule has 1 aliphatic carbocycles. The number of nitrogens with two attached hydrogens (primary N) is 1. The Kier molecular flexibility index (Phi) is 3.13. The Morgan fingerprint density at radius 3 is 2.63 bits per heavy atom. The Morgan fingerprint density at radius 2 is 2.00 bits per heavy atom. The number of halogens is 2. The molecule has 1 aliphatic heterocycles. The first-order valence-corrected chi connectivity index (χ1v) is 7.20. The number of benzene rings is 1. The molecule has 1 amide bonds. The van der Waals surface area contributed by atoms with Crippen LogP contribution in [0.15, 0.2) is 14.8 Å². The van der Waals surface area contributed by atoms with Gasteiger partial charge in [-0.15, -0.1) is 0 Å². The first-order valence-electron chi connectivity index (χ1n) is 5.72. The van der Waals surface area contributed by atoms with Crippen LogP contribution in [-0.2, 0) is 16.1 Å². The molecule has 100 valence electrons. The third kappa shape index (κ3) is 2.08. The Hall–Kier alpha value is -0.950. The van der Waals surface area contributed by atoms with E-state index >= 15 is 0 Å². The van der Waals surface area contributed by atoms with Gasteiger partial charge >= 0.3 is 0 Å². The van der Waals surface area contributed by atoms with Crippen molar-refractivity contribution in [2.24, 2.45) is 14.5 Å². The maximum Gasteiger partial charge on any atom is 0.244 e. The van der Waals surface area contributed by atoms with Crippen LogP contribution in [0.4, 0.5) is 17.1 Å². The highest BCUT2D eigenvalue weighted by Crippen LogP contribution is 2.48. The molecule has 1 aromatic carbocycles. The normalized spacial score (nSPS) is 18.5. The fourth-order valence-electron chi connectivity index (χ4n) is 2.02. The monoisotopic (exact) mass is 316 g/mol. The number of nitrogens with zero attached hydrogens (tertiary/aromatic N) is 2. The zero-order chi connectivity index (χ0) is 13.6. The number of hydrogen-bond donors (Lipinski definition) is 2. The Balaban J connectivity index is 1.96. The largest absolute Gasteiger partial charge is 0.321 e. The van der Waals surface area contributed by atoms with Gasteiger partial charge in [-0.1, -0.05) is 23.2 Å². The SMILES string of the molecule is NC1(C(=O)Nc2c(Cl)cc(Cl)c3c2N=S=N3)CCC1. The van der Waals surface area contributed by atoms with Crippen LogP contribution in [-0.4, -0.2) is 11.4 Å². The summed E-state index contributed by atoms with van der Waals surface area (Å²) in [6, 6.07) is 1.55. The quantitative estimate of drug-likeness (QED) is 0.888. The second kappa shape index (κ2) is 4.56. The van der Waals surface area contributed by atoms with E-state index in [1.807, 2.05) is 0 Å². The number of hydrogen-bond acceptors (Lipinski definition) is 4. The van der Waals surface area contributed by atoms with Crippen molar-refractivity contribution in [2.45, 2.75) is 24.8 Å². The summed E-state index contributed by atoms with van der Waals surface area (Å²) in [6.07, 6.45) is 2.33. The first kappa shape index (κ1) is 13.1. The van der Waals surface area contributed by atoms with Gasteiger partial charge in [0.25, 0.3) is 0 Å². The molecule has 19 heavy (non-hydrogen) atoms. The van der Waals surface area contributed by atoms with Crippen LogP contribution in [0.2, 0.25) is 10.0 Å². The highest BCUT2D eigenvalue weighted by molar-refractivity contribution is 7.58. The summed E-state index contributed by atoms with van der Waals surface area (Å²) < 4.78 is 8.21. The van der Waals surface area contributed by atoms with Crippen LogP contribution in [0.5, 0.6) is 0 Å². The van der Waals surface area contributed by atoms with Crippen LogP contribution >= 0.6 is 23.2 Å². The molecule has 0 atom stereocenters. The van der Waals surface area contributed by atoms with Crippen molar-refractivity contribution >= 4 is 57.5 Å². The minimum absolute atomic E-state index is 0.239. The van der Waals surface area contributed by atoms with Crippen molar-refractivity contribution in [3.63, 3.8) is 0 Å². The summed E-state index contributed by atoms with van der Waals surface area (Å²) in [7, 11) is 0. The van der Waals surface area contributed by atoms with Crippen molar-refractivity contribution in [3.05, 3.63) is 16.1 Å². The Bertz CT molecular complexity index is 651. The Morgan fingerprint density at radius 1 is 1.32 bits per heavy atom. The zero-order valence-corrected chi connectivity index (χ0v) is 12.1. The second-order valence-corrected chi connectivity index (χ2v) is 5.98. The van der Waals surface area contributed by atoms with Gasteiger partial charge in [-0.05, 0) is 25.3 Å². The van der Waals surface area contributed by atoms with E-state index in [1.54, 1.807) is 6.07 Å². The molecule has 0 spiro atoms. The molecular weight excluding hydrogens is 307 g/mol. The van der Waals surface area contributed by atoms with E-state index in [0.29, 0.717) is 39.9 Å². The van der Waals surface area contributed by atoms with Gasteiger partial charge in [-0.2, -0.15) is 8.73 Å². The lowest BCUT2D eigenvalue weighted by Crippen LogP contribution is -2.56. The van der Waals surface area contributed by atoms with E-state index < -0.39 is 5.54 Å². The number of anilines is 1. The average molecular weight is 317 g/mol. The van der Waals surface area contributed by atoms with Gasteiger partial charge in [-0.25, -0.2) is 0 Å². The molecule has 0 radical (unpaired) electrons. The van der Waals surface area contributed by atoms with Crippen molar-refractivity contribution < 1.29 is 4.79 Å². The molecule has 2 aliphatic rings. The summed E-state index contributed by atoms with van der Waals surface area (Å²) >= 11 is 13.2. The van der Waals surface area contributed by atoms with E-state index in [9.17, 15) is 4.79 Å². The molecule has 8 heteroatoms. The highest BCUT2D eigenvalue weighted by atomic mass is 35.5.